The van der Waals surface area contributed by atoms with Crippen molar-refractivity contribution in [1.82, 2.24) is 4.57 Å². The van der Waals surface area contributed by atoms with Crippen LogP contribution in [0.25, 0.3) is 10.9 Å². The van der Waals surface area contributed by atoms with Crippen LogP contribution in [0.5, 0.6) is 5.75 Å². The molecule has 4 heteroatoms. The Bertz CT molecular complexity index is 868. The quantitative estimate of drug-likeness (QED) is 0.805. The van der Waals surface area contributed by atoms with E-state index in [2.05, 4.69) is 0 Å². The Kier molecular flexibility index (Phi) is 3.94. The molecule has 1 aromatic heterocycles. The Morgan fingerprint density at radius 1 is 1.05 bits per heavy atom. The van der Waals surface area contributed by atoms with Crippen molar-refractivity contribution in [2.75, 3.05) is 0 Å². The molecule has 2 aromatic carbocycles. The third-order valence-corrected chi connectivity index (χ3v) is 3.73. The number of hydrogen-bond donors (Lipinski definition) is 1. The highest BCUT2D eigenvalue weighted by molar-refractivity contribution is 5.79. The van der Waals surface area contributed by atoms with Gasteiger partial charge >= 0.3 is 0 Å². The van der Waals surface area contributed by atoms with E-state index in [4.69, 9.17) is 4.74 Å². The first-order chi connectivity index (χ1) is 10.7. The van der Waals surface area contributed by atoms with Crippen molar-refractivity contribution in [3.8, 4) is 5.75 Å². The molecule has 0 unspecified atom stereocenters. The van der Waals surface area contributed by atoms with Gasteiger partial charge in [-0.25, -0.2) is 0 Å². The van der Waals surface area contributed by atoms with E-state index in [-0.39, 0.29) is 18.8 Å². The van der Waals surface area contributed by atoms with Crippen LogP contribution >= 0.6 is 0 Å². The van der Waals surface area contributed by atoms with E-state index in [0.717, 1.165) is 10.9 Å². The molecule has 0 fully saturated rings. The lowest BCUT2D eigenvalue weighted by molar-refractivity contribution is 0.258. The highest BCUT2D eigenvalue weighted by atomic mass is 16.5. The lowest BCUT2D eigenvalue weighted by atomic mass is 10.1. The van der Waals surface area contributed by atoms with Gasteiger partial charge in [-0.1, -0.05) is 36.4 Å². The Balaban J connectivity index is 1.94. The molecule has 3 aromatic rings. The van der Waals surface area contributed by atoms with Crippen LogP contribution in [-0.4, -0.2) is 9.67 Å². The number of nitrogens with zero attached hydrogens (tertiary/aromatic N) is 1. The first kappa shape index (κ1) is 14.4. The highest BCUT2D eigenvalue weighted by Gasteiger charge is 2.08. The summed E-state index contributed by atoms with van der Waals surface area (Å²) in [5.41, 5.74) is 2.13. The molecule has 112 valence electrons. The molecule has 0 aliphatic heterocycles. The summed E-state index contributed by atoms with van der Waals surface area (Å²) in [7, 11) is 1.76. The maximum absolute atomic E-state index is 12.4. The van der Waals surface area contributed by atoms with Gasteiger partial charge in [-0.05, 0) is 23.6 Å². The van der Waals surface area contributed by atoms with Crippen LogP contribution in [0.3, 0.4) is 0 Å². The fourth-order valence-corrected chi connectivity index (χ4v) is 2.52. The number of ether oxygens (including phenoxy) is 1. The maximum atomic E-state index is 12.4. The summed E-state index contributed by atoms with van der Waals surface area (Å²) >= 11 is 0. The SMILES string of the molecule is Cn1c(=O)c(COc2ccccc2CO)cc2ccccc21. The van der Waals surface area contributed by atoms with Gasteiger partial charge in [0.25, 0.3) is 5.56 Å². The standard InChI is InChI=1S/C18H17NO3/c1-19-16-8-4-2-6-13(16)10-15(18(19)21)12-22-17-9-5-3-7-14(17)11-20/h2-10,20H,11-12H2,1H3. The predicted octanol–water partition coefficient (Wildman–Crippen LogP) is 2.61. The molecule has 0 aliphatic carbocycles. The molecule has 0 spiro atoms. The second-order valence-electron chi connectivity index (χ2n) is 5.15. The third-order valence-electron chi connectivity index (χ3n) is 3.73. The van der Waals surface area contributed by atoms with Gasteiger partial charge in [0.15, 0.2) is 0 Å². The van der Waals surface area contributed by atoms with Gasteiger partial charge in [-0.3, -0.25) is 4.79 Å². The van der Waals surface area contributed by atoms with Crippen LogP contribution < -0.4 is 10.3 Å². The number of hydrogen-bond acceptors (Lipinski definition) is 3. The minimum absolute atomic E-state index is 0.0693. The summed E-state index contributed by atoms with van der Waals surface area (Å²) in [4.78, 5) is 12.4. The fraction of sp³-hybridized carbons (Fsp3) is 0.167. The van der Waals surface area contributed by atoms with E-state index >= 15 is 0 Å². The van der Waals surface area contributed by atoms with E-state index in [1.54, 1.807) is 23.7 Å². The van der Waals surface area contributed by atoms with E-state index in [1.165, 1.54) is 0 Å². The third kappa shape index (κ3) is 2.61. The normalized spacial score (nSPS) is 10.8. The average molecular weight is 295 g/mol. The number of aryl methyl sites for hydroxylation is 1. The lowest BCUT2D eigenvalue weighted by Crippen LogP contribution is -2.22. The molecule has 0 saturated carbocycles. The molecule has 0 bridgehead atoms. The topological polar surface area (TPSA) is 51.5 Å². The summed E-state index contributed by atoms with van der Waals surface area (Å²) in [6.45, 7) is 0.0838. The molecule has 1 N–H and O–H groups in total. The monoisotopic (exact) mass is 295 g/mol. The van der Waals surface area contributed by atoms with Gasteiger partial charge in [-0.2, -0.15) is 0 Å². The molecule has 0 radical (unpaired) electrons. The number of aromatic nitrogens is 1. The van der Waals surface area contributed by atoms with Gasteiger partial charge in [0, 0.05) is 12.6 Å². The molecule has 4 nitrogen and oxygen atoms in total. The number of benzene rings is 2. The molecule has 0 amide bonds. The Morgan fingerprint density at radius 2 is 1.77 bits per heavy atom. The molecule has 1 heterocycles. The first-order valence-electron chi connectivity index (χ1n) is 7.10. The second kappa shape index (κ2) is 6.03. The van der Waals surface area contributed by atoms with Gasteiger partial charge in [0.05, 0.1) is 17.7 Å². The van der Waals surface area contributed by atoms with Crippen molar-refractivity contribution >= 4 is 10.9 Å². The van der Waals surface area contributed by atoms with Crippen molar-refractivity contribution in [1.29, 1.82) is 0 Å². The van der Waals surface area contributed by atoms with Crippen LogP contribution in [0.15, 0.2) is 59.4 Å². The zero-order valence-electron chi connectivity index (χ0n) is 12.3. The number of rotatable bonds is 4. The summed E-state index contributed by atoms with van der Waals surface area (Å²) < 4.78 is 7.36. The van der Waals surface area contributed by atoms with Crippen LogP contribution in [-0.2, 0) is 20.3 Å². The molecular weight excluding hydrogens is 278 g/mol. The summed E-state index contributed by atoms with van der Waals surface area (Å²) in [5.74, 6) is 0.597. The van der Waals surface area contributed by atoms with Crippen molar-refractivity contribution in [3.05, 3.63) is 76.1 Å². The smallest absolute Gasteiger partial charge is 0.257 e. The van der Waals surface area contributed by atoms with E-state index in [9.17, 15) is 9.90 Å². The van der Waals surface area contributed by atoms with Crippen LogP contribution in [0, 0.1) is 0 Å². The van der Waals surface area contributed by atoms with Crippen LogP contribution in [0.4, 0.5) is 0 Å². The molecule has 0 saturated heterocycles. The second-order valence-corrected chi connectivity index (χ2v) is 5.15. The number of fused-ring (bicyclic) bond motifs is 1. The summed E-state index contributed by atoms with van der Waals surface area (Å²) in [5, 5.41) is 10.3. The van der Waals surface area contributed by atoms with Crippen molar-refractivity contribution in [3.63, 3.8) is 0 Å². The molecule has 0 atom stereocenters. The van der Waals surface area contributed by atoms with E-state index < -0.39 is 0 Å². The maximum Gasteiger partial charge on any atom is 0.257 e. The largest absolute Gasteiger partial charge is 0.488 e. The Labute approximate surface area is 128 Å². The van der Waals surface area contributed by atoms with Gasteiger partial charge in [0.1, 0.15) is 12.4 Å². The first-order valence-corrected chi connectivity index (χ1v) is 7.10. The zero-order valence-corrected chi connectivity index (χ0v) is 12.3. The molecule has 22 heavy (non-hydrogen) atoms. The van der Waals surface area contributed by atoms with Gasteiger partial charge in [0.2, 0.25) is 0 Å². The molecule has 3 rings (SSSR count). The molecule has 0 aliphatic rings. The Morgan fingerprint density at radius 3 is 2.59 bits per heavy atom. The fourth-order valence-electron chi connectivity index (χ4n) is 2.52. The van der Waals surface area contributed by atoms with Gasteiger partial charge in [-0.15, -0.1) is 0 Å². The minimum atomic E-state index is -0.0914. The number of aliphatic hydroxyl groups is 1. The average Bonchev–Trinajstić information content (AvgIpc) is 2.57. The van der Waals surface area contributed by atoms with Crippen LogP contribution in [0.1, 0.15) is 11.1 Å². The lowest BCUT2D eigenvalue weighted by Gasteiger charge is -2.12. The summed E-state index contributed by atoms with van der Waals surface area (Å²) in [6, 6.07) is 16.9. The number of para-hydroxylation sites is 2. The van der Waals surface area contributed by atoms with Gasteiger partial charge < -0.3 is 14.4 Å². The minimum Gasteiger partial charge on any atom is -0.488 e. The number of aliphatic hydroxyl groups excluding tert-OH is 1. The van der Waals surface area contributed by atoms with Crippen molar-refractivity contribution in [2.24, 2.45) is 7.05 Å². The Hall–Kier alpha value is -2.59. The van der Waals surface area contributed by atoms with E-state index in [0.29, 0.717) is 16.9 Å². The van der Waals surface area contributed by atoms with Crippen LogP contribution in [0.2, 0.25) is 0 Å². The summed E-state index contributed by atoms with van der Waals surface area (Å²) in [6.07, 6.45) is 0. The predicted molar refractivity (Wildman–Crippen MR) is 85.9 cm³/mol. The van der Waals surface area contributed by atoms with E-state index in [1.807, 2.05) is 42.5 Å². The van der Waals surface area contributed by atoms with Crippen molar-refractivity contribution < 1.29 is 9.84 Å². The zero-order chi connectivity index (χ0) is 15.5. The van der Waals surface area contributed by atoms with Crippen molar-refractivity contribution in [2.45, 2.75) is 13.2 Å². The number of pyridine rings is 1. The highest BCUT2D eigenvalue weighted by Crippen LogP contribution is 2.19. The molecular formula is C18H17NO3.